The molecule has 0 bridgehead atoms. The minimum atomic E-state index is -4.67. The Labute approximate surface area is 342 Å². The Morgan fingerprint density at radius 1 is 0.696 bits per heavy atom. The van der Waals surface area contributed by atoms with Crippen LogP contribution >= 0.6 is 7.82 Å². The number of amides is 1. The first kappa shape index (κ1) is 54.1. The number of carbonyl (C=O) groups excluding carboxylic acids is 1. The molecule has 0 aliphatic rings. The summed E-state index contributed by atoms with van der Waals surface area (Å²) < 4.78 is 23.1. The minimum Gasteiger partial charge on any atom is -0.756 e. The fraction of sp³-hybridized carbons (Fsp3) is 0.756. The van der Waals surface area contributed by atoms with Gasteiger partial charge in [-0.15, -0.1) is 0 Å². The number of nitrogens with zero attached hydrogens (tertiary/aromatic N) is 1. The number of phosphoric ester groups is 1. The summed E-state index contributed by atoms with van der Waals surface area (Å²) in [5, 5.41) is 34.5. The van der Waals surface area contributed by atoms with Crippen LogP contribution < -0.4 is 10.2 Å². The number of unbranched alkanes of at least 4 members (excludes halogenated alkanes) is 13. The average Bonchev–Trinajstić information content (AvgIpc) is 3.14. The molecule has 1 amide bonds. The smallest absolute Gasteiger partial charge is 0.268 e. The summed E-state index contributed by atoms with van der Waals surface area (Å²) in [6.45, 7) is 4.27. The monoisotopic (exact) mass is 811 g/mol. The van der Waals surface area contributed by atoms with E-state index in [1.54, 1.807) is 6.08 Å². The zero-order chi connectivity index (χ0) is 41.8. The third kappa shape index (κ3) is 36.5. The van der Waals surface area contributed by atoms with E-state index in [2.05, 4.69) is 55.6 Å². The average molecular weight is 811 g/mol. The Balaban J connectivity index is 4.73. The number of hydrogen-bond donors (Lipinski definition) is 4. The molecule has 0 saturated carbocycles. The van der Waals surface area contributed by atoms with Gasteiger partial charge >= 0.3 is 0 Å². The lowest BCUT2D eigenvalue weighted by molar-refractivity contribution is -0.870. The maximum atomic E-state index is 12.9. The van der Waals surface area contributed by atoms with Gasteiger partial charge in [-0.25, -0.2) is 0 Å². The number of aliphatic hydroxyl groups excluding tert-OH is 3. The molecular weight excluding hydrogens is 727 g/mol. The molecule has 0 heterocycles. The van der Waals surface area contributed by atoms with Crippen molar-refractivity contribution < 1.29 is 43.1 Å². The van der Waals surface area contributed by atoms with Gasteiger partial charge in [0, 0.05) is 6.42 Å². The van der Waals surface area contributed by atoms with Crippen molar-refractivity contribution in [2.75, 3.05) is 40.9 Å². The number of likely N-dealkylation sites (N-methyl/N-ethyl adjacent to an activating group) is 1. The molecule has 0 aromatic heterocycles. The standard InChI is InChI=1S/C45H83N2O8P/c1-6-8-10-12-14-16-18-20-21-22-24-25-27-29-31-34-42(48)41(40-55-56(52,53)54-39-38-47(3,4)5)46-45(51)37-33-36-44(50)43(49)35-32-30-28-26-23-19-17-15-13-11-9-7-2/h9,11,15,17,23,26,30-32,34,41-44,48-50H,6-8,10,12-14,16,18-22,24-25,27-29,33,35-40H2,1-5H3,(H-,46,51,52,53)/b11-9-,17-15-,26-23-,32-30-,34-31+/t41-,42+,43+,44+/m0/s1. The number of carbonyl (C=O) groups is 1. The van der Waals surface area contributed by atoms with Gasteiger partial charge in [-0.05, 0) is 57.8 Å². The van der Waals surface area contributed by atoms with Gasteiger partial charge < -0.3 is 39.1 Å². The van der Waals surface area contributed by atoms with Gasteiger partial charge in [-0.1, -0.05) is 152 Å². The molecule has 56 heavy (non-hydrogen) atoms. The largest absolute Gasteiger partial charge is 0.756 e. The van der Waals surface area contributed by atoms with E-state index < -0.39 is 44.7 Å². The third-order valence-electron chi connectivity index (χ3n) is 9.43. The van der Waals surface area contributed by atoms with E-state index in [4.69, 9.17) is 9.05 Å². The molecule has 0 aromatic carbocycles. The second-order valence-corrected chi connectivity index (χ2v) is 17.4. The SMILES string of the molecule is CC/C=C\C/C=C\C/C=C\C/C=C\C[C@@H](O)[C@H](O)CCCC(=O)N[C@@H](COP(=O)([O-])OCC[N+](C)(C)C)[C@H](O)/C=C/CCCCCCCCCCCCCCC. The summed E-state index contributed by atoms with van der Waals surface area (Å²) >= 11 is 0. The molecule has 5 atom stereocenters. The normalized spacial score (nSPS) is 16.1. The lowest BCUT2D eigenvalue weighted by Gasteiger charge is -2.29. The third-order valence-corrected chi connectivity index (χ3v) is 10.4. The van der Waals surface area contributed by atoms with Crippen LogP contribution in [0.3, 0.4) is 0 Å². The van der Waals surface area contributed by atoms with Crippen molar-refractivity contribution in [3.05, 3.63) is 60.8 Å². The predicted octanol–water partition coefficient (Wildman–Crippen LogP) is 9.16. The summed E-state index contributed by atoms with van der Waals surface area (Å²) in [6.07, 6.45) is 38.6. The Hall–Kier alpha value is -1.88. The molecule has 0 aliphatic heterocycles. The Bertz CT molecular complexity index is 1130. The van der Waals surface area contributed by atoms with Crippen LogP contribution in [0.1, 0.15) is 155 Å². The number of rotatable bonds is 38. The highest BCUT2D eigenvalue weighted by Crippen LogP contribution is 2.38. The van der Waals surface area contributed by atoms with Crippen molar-refractivity contribution in [2.45, 2.75) is 179 Å². The number of quaternary nitrogens is 1. The zero-order valence-electron chi connectivity index (χ0n) is 36.0. The second-order valence-electron chi connectivity index (χ2n) is 16.0. The van der Waals surface area contributed by atoms with Crippen molar-refractivity contribution in [1.82, 2.24) is 5.32 Å². The highest BCUT2D eigenvalue weighted by Gasteiger charge is 2.23. The van der Waals surface area contributed by atoms with Gasteiger partial charge in [0.2, 0.25) is 5.91 Å². The summed E-state index contributed by atoms with van der Waals surface area (Å²) in [6, 6.07) is -1.02. The number of aliphatic hydroxyl groups is 3. The van der Waals surface area contributed by atoms with E-state index in [1.165, 1.54) is 70.6 Å². The van der Waals surface area contributed by atoms with Crippen molar-refractivity contribution in [1.29, 1.82) is 0 Å². The molecule has 0 aliphatic carbocycles. The van der Waals surface area contributed by atoms with Crippen LogP contribution in [-0.4, -0.2) is 91.0 Å². The van der Waals surface area contributed by atoms with Crippen LogP contribution in [0, 0.1) is 0 Å². The number of allylic oxidation sites excluding steroid dienone is 8. The number of hydrogen-bond acceptors (Lipinski definition) is 8. The Morgan fingerprint density at radius 3 is 1.75 bits per heavy atom. The molecule has 0 aromatic rings. The summed E-state index contributed by atoms with van der Waals surface area (Å²) in [7, 11) is 1.07. The molecule has 1 unspecified atom stereocenters. The van der Waals surface area contributed by atoms with Gasteiger partial charge in [0.05, 0.1) is 52.1 Å². The van der Waals surface area contributed by atoms with Crippen LogP contribution in [-0.2, 0) is 18.4 Å². The Morgan fingerprint density at radius 2 is 1.21 bits per heavy atom. The van der Waals surface area contributed by atoms with Gasteiger partial charge in [0.1, 0.15) is 13.2 Å². The Kier molecular flexibility index (Phi) is 35.0. The summed E-state index contributed by atoms with van der Waals surface area (Å²) in [4.78, 5) is 25.3. The maximum Gasteiger partial charge on any atom is 0.268 e. The van der Waals surface area contributed by atoms with E-state index in [-0.39, 0.29) is 19.4 Å². The molecule has 0 radical (unpaired) electrons. The van der Waals surface area contributed by atoms with Crippen molar-refractivity contribution in [3.8, 4) is 0 Å². The first-order chi connectivity index (χ1) is 26.8. The van der Waals surface area contributed by atoms with Crippen LogP contribution in [0.4, 0.5) is 0 Å². The number of phosphoric acid groups is 1. The molecule has 10 nitrogen and oxygen atoms in total. The van der Waals surface area contributed by atoms with E-state index in [0.29, 0.717) is 23.9 Å². The molecule has 0 spiro atoms. The lowest BCUT2D eigenvalue weighted by Crippen LogP contribution is -2.46. The van der Waals surface area contributed by atoms with Gasteiger partial charge in [-0.2, -0.15) is 0 Å². The molecule has 0 rings (SSSR count). The lowest BCUT2D eigenvalue weighted by atomic mass is 10.0. The fourth-order valence-corrected chi connectivity index (χ4v) is 6.55. The van der Waals surface area contributed by atoms with Crippen molar-refractivity contribution in [3.63, 3.8) is 0 Å². The van der Waals surface area contributed by atoms with Crippen LogP contribution in [0.5, 0.6) is 0 Å². The van der Waals surface area contributed by atoms with E-state index in [0.717, 1.165) is 44.9 Å². The highest BCUT2D eigenvalue weighted by molar-refractivity contribution is 7.45. The first-order valence-electron chi connectivity index (χ1n) is 21.8. The zero-order valence-corrected chi connectivity index (χ0v) is 36.9. The van der Waals surface area contributed by atoms with Crippen LogP contribution in [0.2, 0.25) is 0 Å². The van der Waals surface area contributed by atoms with E-state index >= 15 is 0 Å². The van der Waals surface area contributed by atoms with Crippen LogP contribution in [0.25, 0.3) is 0 Å². The maximum absolute atomic E-state index is 12.9. The first-order valence-corrected chi connectivity index (χ1v) is 23.3. The van der Waals surface area contributed by atoms with E-state index in [1.807, 2.05) is 39.4 Å². The molecule has 0 saturated heterocycles. The van der Waals surface area contributed by atoms with Gasteiger partial charge in [0.25, 0.3) is 7.82 Å². The van der Waals surface area contributed by atoms with Crippen molar-refractivity contribution >= 4 is 13.7 Å². The minimum absolute atomic E-state index is 0.0225. The van der Waals surface area contributed by atoms with E-state index in [9.17, 15) is 29.6 Å². The van der Waals surface area contributed by atoms with Gasteiger partial charge in [-0.3, -0.25) is 9.36 Å². The predicted molar refractivity (Wildman–Crippen MR) is 231 cm³/mol. The molecule has 326 valence electrons. The molecule has 4 N–H and O–H groups in total. The molecular formula is C45H83N2O8P. The van der Waals surface area contributed by atoms with Gasteiger partial charge in [0.15, 0.2) is 0 Å². The quantitative estimate of drug-likeness (QED) is 0.0209. The topological polar surface area (TPSA) is 148 Å². The molecule has 0 fully saturated rings. The highest BCUT2D eigenvalue weighted by atomic mass is 31.2. The summed E-state index contributed by atoms with van der Waals surface area (Å²) in [5.74, 6) is -0.421. The fourth-order valence-electron chi connectivity index (χ4n) is 5.83. The second kappa shape index (κ2) is 36.2. The van der Waals surface area contributed by atoms with Crippen LogP contribution in [0.15, 0.2) is 60.8 Å². The van der Waals surface area contributed by atoms with Crippen molar-refractivity contribution in [2.24, 2.45) is 0 Å². The summed E-state index contributed by atoms with van der Waals surface area (Å²) in [5.41, 5.74) is 0. The number of nitrogens with one attached hydrogen (secondary N) is 1. The molecule has 11 heteroatoms.